The second kappa shape index (κ2) is 11.3. The smallest absolute Gasteiger partial charge is 0.338 e. The molecule has 1 aromatic heterocycles. The van der Waals surface area contributed by atoms with Crippen molar-refractivity contribution in [2.24, 2.45) is 4.99 Å². The van der Waals surface area contributed by atoms with E-state index in [-0.39, 0.29) is 17.7 Å². The molecule has 0 aliphatic carbocycles. The van der Waals surface area contributed by atoms with E-state index in [9.17, 15) is 14.4 Å². The number of thiazole rings is 1. The Bertz CT molecular complexity index is 1760. The number of rotatable bonds is 6. The molecule has 7 nitrogen and oxygen atoms in total. The molecule has 1 aliphatic heterocycles. The first kappa shape index (κ1) is 26.5. The first-order valence-electron chi connectivity index (χ1n) is 12.0. The third-order valence-corrected chi connectivity index (χ3v) is 7.78. The highest BCUT2D eigenvalue weighted by Gasteiger charge is 2.33. The van der Waals surface area contributed by atoms with Gasteiger partial charge in [0.15, 0.2) is 4.80 Å². The van der Waals surface area contributed by atoms with Crippen LogP contribution in [0.5, 0.6) is 0 Å². The molecule has 1 atom stereocenters. The van der Waals surface area contributed by atoms with Gasteiger partial charge in [-0.1, -0.05) is 81.9 Å². The molecular formula is C30H23BrN2O5S. The zero-order valence-corrected chi connectivity index (χ0v) is 23.5. The van der Waals surface area contributed by atoms with E-state index in [1.54, 1.807) is 37.3 Å². The molecule has 1 unspecified atom stereocenters. The molecule has 2 heterocycles. The van der Waals surface area contributed by atoms with Gasteiger partial charge < -0.3 is 9.47 Å². The van der Waals surface area contributed by atoms with Gasteiger partial charge in [-0.25, -0.2) is 14.6 Å². The largest absolute Gasteiger partial charge is 0.465 e. The van der Waals surface area contributed by atoms with Crippen LogP contribution in [0, 0.1) is 0 Å². The molecule has 0 fully saturated rings. The van der Waals surface area contributed by atoms with Gasteiger partial charge in [0, 0.05) is 4.47 Å². The Balaban J connectivity index is 1.61. The van der Waals surface area contributed by atoms with Crippen LogP contribution in [-0.2, 0) is 20.9 Å². The average Bonchev–Trinajstić information content (AvgIpc) is 3.26. The van der Waals surface area contributed by atoms with Crippen LogP contribution in [0.2, 0.25) is 0 Å². The van der Waals surface area contributed by atoms with Gasteiger partial charge in [-0.3, -0.25) is 9.36 Å². The van der Waals surface area contributed by atoms with Crippen LogP contribution in [-0.4, -0.2) is 23.6 Å². The number of methoxy groups -OCH3 is 1. The van der Waals surface area contributed by atoms with Crippen molar-refractivity contribution in [3.05, 3.63) is 137 Å². The second-order valence-electron chi connectivity index (χ2n) is 8.81. The van der Waals surface area contributed by atoms with Crippen molar-refractivity contribution in [2.45, 2.75) is 19.6 Å². The van der Waals surface area contributed by atoms with Gasteiger partial charge in [-0.2, -0.15) is 0 Å². The minimum Gasteiger partial charge on any atom is -0.465 e. The molecule has 0 saturated heterocycles. The van der Waals surface area contributed by atoms with Gasteiger partial charge in [0.25, 0.3) is 5.56 Å². The van der Waals surface area contributed by atoms with E-state index in [0.29, 0.717) is 26.2 Å². The van der Waals surface area contributed by atoms with Crippen molar-refractivity contribution in [3.8, 4) is 0 Å². The van der Waals surface area contributed by atoms with Crippen molar-refractivity contribution in [2.75, 3.05) is 7.11 Å². The molecule has 5 rings (SSSR count). The van der Waals surface area contributed by atoms with Gasteiger partial charge >= 0.3 is 11.9 Å². The summed E-state index contributed by atoms with van der Waals surface area (Å²) in [7, 11) is 1.31. The van der Waals surface area contributed by atoms with Crippen molar-refractivity contribution in [1.29, 1.82) is 0 Å². The highest BCUT2D eigenvalue weighted by molar-refractivity contribution is 9.10. The molecule has 0 N–H and O–H groups in total. The summed E-state index contributed by atoms with van der Waals surface area (Å²) >= 11 is 4.68. The Morgan fingerprint density at radius 2 is 1.69 bits per heavy atom. The first-order valence-corrected chi connectivity index (χ1v) is 13.6. The Morgan fingerprint density at radius 3 is 2.36 bits per heavy atom. The number of hydrogen-bond acceptors (Lipinski definition) is 7. The maximum Gasteiger partial charge on any atom is 0.338 e. The van der Waals surface area contributed by atoms with E-state index in [1.165, 1.54) is 23.0 Å². The maximum absolute atomic E-state index is 13.8. The predicted octanol–water partition coefficient (Wildman–Crippen LogP) is 4.53. The maximum atomic E-state index is 13.8. The quantitative estimate of drug-likeness (QED) is 0.303. The standard InChI is InChI=1S/C30H23BrN2O5S/c1-18-25(29(36)38-17-20-6-4-3-5-7-20)26(21-10-12-22(13-11-21)28(35)37-2)33-27(34)24(39-30(33)32-18)16-19-8-14-23(31)15-9-19/h3-16,26H,17H2,1-2H3. The lowest BCUT2D eigenvalue weighted by molar-refractivity contribution is -0.140. The zero-order chi connectivity index (χ0) is 27.5. The Hall–Kier alpha value is -4.08. The molecule has 0 radical (unpaired) electrons. The predicted molar refractivity (Wildman–Crippen MR) is 152 cm³/mol. The normalized spacial score (nSPS) is 14.9. The highest BCUT2D eigenvalue weighted by atomic mass is 79.9. The topological polar surface area (TPSA) is 87.0 Å². The van der Waals surface area contributed by atoms with Crippen LogP contribution in [0.4, 0.5) is 0 Å². The number of aromatic nitrogens is 1. The van der Waals surface area contributed by atoms with Gasteiger partial charge in [-0.15, -0.1) is 0 Å². The molecule has 9 heteroatoms. The summed E-state index contributed by atoms with van der Waals surface area (Å²) in [6.45, 7) is 1.82. The molecule has 1 aliphatic rings. The summed E-state index contributed by atoms with van der Waals surface area (Å²) in [6.07, 6.45) is 1.81. The van der Waals surface area contributed by atoms with E-state index in [1.807, 2.05) is 54.6 Å². The Labute approximate surface area is 236 Å². The number of nitrogens with zero attached hydrogens (tertiary/aromatic N) is 2. The van der Waals surface area contributed by atoms with Crippen molar-refractivity contribution in [3.63, 3.8) is 0 Å². The minimum absolute atomic E-state index is 0.0818. The fourth-order valence-corrected chi connectivity index (χ4v) is 5.64. The number of esters is 2. The number of carbonyl (C=O) groups excluding carboxylic acids is 2. The summed E-state index contributed by atoms with van der Waals surface area (Å²) < 4.78 is 13.4. The highest BCUT2D eigenvalue weighted by Crippen LogP contribution is 2.31. The number of fused-ring (bicyclic) bond motifs is 1. The van der Waals surface area contributed by atoms with E-state index in [4.69, 9.17) is 9.47 Å². The third kappa shape index (κ3) is 5.55. The number of hydrogen-bond donors (Lipinski definition) is 0. The fraction of sp³-hybridized carbons (Fsp3) is 0.133. The molecule has 4 aromatic rings. The number of carbonyl (C=O) groups is 2. The van der Waals surface area contributed by atoms with Crippen molar-refractivity contribution < 1.29 is 19.1 Å². The van der Waals surface area contributed by atoms with Crippen LogP contribution >= 0.6 is 27.3 Å². The van der Waals surface area contributed by atoms with Gasteiger partial charge in [-0.05, 0) is 54.0 Å². The van der Waals surface area contributed by atoms with Crippen LogP contribution < -0.4 is 14.9 Å². The molecule has 196 valence electrons. The molecule has 0 bridgehead atoms. The molecule has 3 aromatic carbocycles. The average molecular weight is 603 g/mol. The van der Waals surface area contributed by atoms with E-state index < -0.39 is 18.0 Å². The summed E-state index contributed by atoms with van der Waals surface area (Å²) in [5.74, 6) is -1.04. The van der Waals surface area contributed by atoms with Crippen LogP contribution in [0.15, 0.2) is 104 Å². The van der Waals surface area contributed by atoms with E-state index in [0.717, 1.165) is 15.6 Å². The van der Waals surface area contributed by atoms with Crippen molar-refractivity contribution >= 4 is 45.3 Å². The molecule has 39 heavy (non-hydrogen) atoms. The van der Waals surface area contributed by atoms with E-state index >= 15 is 0 Å². The zero-order valence-electron chi connectivity index (χ0n) is 21.1. The lowest BCUT2D eigenvalue weighted by Crippen LogP contribution is -2.39. The van der Waals surface area contributed by atoms with Crippen LogP contribution in [0.1, 0.15) is 40.0 Å². The molecule has 0 spiro atoms. The molecule has 0 saturated carbocycles. The summed E-state index contributed by atoms with van der Waals surface area (Å²) in [5.41, 5.74) is 3.16. The molecule has 0 amide bonds. The Kier molecular flexibility index (Phi) is 7.72. The SMILES string of the molecule is COC(=O)c1ccc(C2C(C(=O)OCc3ccccc3)=C(C)N=c3sc(=Cc4ccc(Br)cc4)c(=O)n32)cc1. The summed E-state index contributed by atoms with van der Waals surface area (Å²) in [4.78, 5) is 44.4. The van der Waals surface area contributed by atoms with Crippen LogP contribution in [0.25, 0.3) is 6.08 Å². The number of benzene rings is 3. The van der Waals surface area contributed by atoms with Gasteiger partial charge in [0.1, 0.15) is 6.61 Å². The van der Waals surface area contributed by atoms with Crippen LogP contribution in [0.3, 0.4) is 0 Å². The monoisotopic (exact) mass is 602 g/mol. The van der Waals surface area contributed by atoms with Gasteiger partial charge in [0.05, 0.1) is 34.5 Å². The van der Waals surface area contributed by atoms with E-state index in [2.05, 4.69) is 20.9 Å². The number of allylic oxidation sites excluding steroid dienone is 1. The minimum atomic E-state index is -0.789. The Morgan fingerprint density at radius 1 is 1.00 bits per heavy atom. The first-order chi connectivity index (χ1) is 18.9. The summed E-state index contributed by atoms with van der Waals surface area (Å²) in [5, 5.41) is 0. The second-order valence-corrected chi connectivity index (χ2v) is 10.7. The number of ether oxygens (including phenoxy) is 2. The van der Waals surface area contributed by atoms with Gasteiger partial charge in [0.2, 0.25) is 0 Å². The summed E-state index contributed by atoms with van der Waals surface area (Å²) in [6, 6.07) is 22.8. The lowest BCUT2D eigenvalue weighted by atomic mass is 9.95. The lowest BCUT2D eigenvalue weighted by Gasteiger charge is -2.25. The number of halogens is 1. The fourth-order valence-electron chi connectivity index (χ4n) is 4.33. The van der Waals surface area contributed by atoms with Crippen molar-refractivity contribution in [1.82, 2.24) is 4.57 Å². The third-order valence-electron chi connectivity index (χ3n) is 6.27. The molecular weight excluding hydrogens is 580 g/mol.